The number of hydrogen-bond donors (Lipinski definition) is 1. The summed E-state index contributed by atoms with van der Waals surface area (Å²) in [5.41, 5.74) is 4.50. The number of fused-ring (bicyclic) bond motifs is 1. The van der Waals surface area contributed by atoms with Crippen LogP contribution >= 0.6 is 0 Å². The summed E-state index contributed by atoms with van der Waals surface area (Å²) < 4.78 is 5.68. The molecule has 29 heavy (non-hydrogen) atoms. The second-order valence-electron chi connectivity index (χ2n) is 7.74. The minimum atomic E-state index is -0.464. The molecule has 5 heteroatoms. The van der Waals surface area contributed by atoms with Crippen molar-refractivity contribution < 1.29 is 9.84 Å². The number of pyridine rings is 1. The van der Waals surface area contributed by atoms with Crippen LogP contribution in [-0.4, -0.2) is 60.4 Å². The lowest BCUT2D eigenvalue weighted by atomic mass is 10.1. The summed E-state index contributed by atoms with van der Waals surface area (Å²) in [6.07, 6.45) is -0.464. The predicted molar refractivity (Wildman–Crippen MR) is 117 cm³/mol. The summed E-state index contributed by atoms with van der Waals surface area (Å²) in [7, 11) is 0. The Hall–Kier alpha value is -2.47. The lowest BCUT2D eigenvalue weighted by molar-refractivity contribution is 0.00914. The average Bonchev–Trinajstić information content (AvgIpc) is 2.74. The summed E-state index contributed by atoms with van der Waals surface area (Å²) >= 11 is 0. The number of piperazine rings is 1. The molecule has 1 aliphatic heterocycles. The first-order valence-electron chi connectivity index (χ1n) is 10.3. The first-order valence-corrected chi connectivity index (χ1v) is 10.3. The fourth-order valence-corrected chi connectivity index (χ4v) is 3.96. The second-order valence-corrected chi connectivity index (χ2v) is 7.74. The van der Waals surface area contributed by atoms with E-state index in [4.69, 9.17) is 4.74 Å². The fraction of sp³-hybridized carbons (Fsp3) is 0.375. The highest BCUT2D eigenvalue weighted by atomic mass is 16.5. The monoisotopic (exact) mass is 391 g/mol. The molecule has 0 amide bonds. The fourth-order valence-electron chi connectivity index (χ4n) is 3.96. The number of hydrogen-bond acceptors (Lipinski definition) is 5. The normalized spacial score (nSPS) is 16.3. The maximum Gasteiger partial charge on any atom is 0.0900 e. The Labute approximate surface area is 172 Å². The van der Waals surface area contributed by atoms with Gasteiger partial charge in [0.05, 0.1) is 24.8 Å². The molecule has 1 N–H and O–H groups in total. The lowest BCUT2D eigenvalue weighted by Crippen LogP contribution is -2.49. The van der Waals surface area contributed by atoms with Gasteiger partial charge in [0.25, 0.3) is 0 Å². The van der Waals surface area contributed by atoms with Gasteiger partial charge in [-0.2, -0.15) is 0 Å². The topological polar surface area (TPSA) is 48.8 Å². The van der Waals surface area contributed by atoms with Crippen LogP contribution in [0.3, 0.4) is 0 Å². The van der Waals surface area contributed by atoms with Gasteiger partial charge in [0.1, 0.15) is 0 Å². The Balaban J connectivity index is 1.27. The zero-order valence-corrected chi connectivity index (χ0v) is 17.0. The Morgan fingerprint density at radius 2 is 1.72 bits per heavy atom. The smallest absolute Gasteiger partial charge is 0.0900 e. The third-order valence-corrected chi connectivity index (χ3v) is 5.43. The van der Waals surface area contributed by atoms with E-state index < -0.39 is 6.10 Å². The first kappa shape index (κ1) is 19.8. The van der Waals surface area contributed by atoms with Gasteiger partial charge in [-0.25, -0.2) is 0 Å². The SMILES string of the molecule is Cc1cc(N2CCN(CC(O)COCc3ccccc3)CC2)c2ccccc2n1. The number of aliphatic hydroxyl groups is 1. The number of nitrogens with zero attached hydrogens (tertiary/aromatic N) is 3. The number of benzene rings is 2. The van der Waals surface area contributed by atoms with Crippen LogP contribution in [0, 0.1) is 6.92 Å². The number of para-hydroxylation sites is 1. The number of ether oxygens (including phenoxy) is 1. The van der Waals surface area contributed by atoms with E-state index in [1.807, 2.05) is 36.4 Å². The van der Waals surface area contributed by atoms with Crippen LogP contribution in [0.25, 0.3) is 10.9 Å². The molecule has 1 aliphatic rings. The van der Waals surface area contributed by atoms with Crippen molar-refractivity contribution in [3.63, 3.8) is 0 Å². The molecule has 1 atom stereocenters. The van der Waals surface area contributed by atoms with Crippen LogP contribution in [0.5, 0.6) is 0 Å². The van der Waals surface area contributed by atoms with E-state index in [-0.39, 0.29) is 0 Å². The van der Waals surface area contributed by atoms with Crippen molar-refractivity contribution >= 4 is 16.6 Å². The van der Waals surface area contributed by atoms with E-state index in [1.54, 1.807) is 0 Å². The zero-order chi connectivity index (χ0) is 20.1. The molecule has 0 aliphatic carbocycles. The average molecular weight is 392 g/mol. The Bertz CT molecular complexity index is 924. The third kappa shape index (κ3) is 5.12. The number of aromatic nitrogens is 1. The molecular formula is C24H29N3O2. The van der Waals surface area contributed by atoms with Crippen LogP contribution in [0.2, 0.25) is 0 Å². The van der Waals surface area contributed by atoms with Gasteiger partial charge in [-0.1, -0.05) is 48.5 Å². The van der Waals surface area contributed by atoms with E-state index in [1.165, 1.54) is 11.1 Å². The van der Waals surface area contributed by atoms with Gasteiger partial charge in [-0.3, -0.25) is 9.88 Å². The summed E-state index contributed by atoms with van der Waals surface area (Å²) in [5, 5.41) is 11.6. The molecule has 1 unspecified atom stereocenters. The molecule has 4 rings (SSSR count). The predicted octanol–water partition coefficient (Wildman–Crippen LogP) is 3.24. The number of rotatable bonds is 7. The van der Waals surface area contributed by atoms with Gasteiger partial charge < -0.3 is 14.7 Å². The molecule has 1 aromatic heterocycles. The Kier molecular flexibility index (Phi) is 6.39. The molecule has 1 fully saturated rings. The van der Waals surface area contributed by atoms with Crippen LogP contribution in [-0.2, 0) is 11.3 Å². The zero-order valence-electron chi connectivity index (χ0n) is 17.0. The highest BCUT2D eigenvalue weighted by Gasteiger charge is 2.21. The number of anilines is 1. The van der Waals surface area contributed by atoms with E-state index in [0.29, 0.717) is 19.8 Å². The van der Waals surface area contributed by atoms with E-state index in [9.17, 15) is 5.11 Å². The van der Waals surface area contributed by atoms with Crippen LogP contribution in [0.15, 0.2) is 60.7 Å². The summed E-state index contributed by atoms with van der Waals surface area (Å²) in [6, 6.07) is 20.6. The number of β-amino-alcohol motifs (C(OH)–C–C–N with tert-alkyl or cyclic N) is 1. The van der Waals surface area contributed by atoms with Crippen LogP contribution in [0.4, 0.5) is 5.69 Å². The molecule has 2 aromatic carbocycles. The highest BCUT2D eigenvalue weighted by Crippen LogP contribution is 2.27. The van der Waals surface area contributed by atoms with Gasteiger partial charge in [0, 0.05) is 49.5 Å². The number of aryl methyl sites for hydroxylation is 1. The molecule has 0 radical (unpaired) electrons. The van der Waals surface area contributed by atoms with Crippen LogP contribution < -0.4 is 4.90 Å². The molecule has 2 heterocycles. The molecule has 0 spiro atoms. The minimum Gasteiger partial charge on any atom is -0.389 e. The van der Waals surface area contributed by atoms with Gasteiger partial charge in [-0.15, -0.1) is 0 Å². The largest absolute Gasteiger partial charge is 0.389 e. The maximum absolute atomic E-state index is 10.4. The molecular weight excluding hydrogens is 362 g/mol. The van der Waals surface area contributed by atoms with E-state index >= 15 is 0 Å². The maximum atomic E-state index is 10.4. The quantitative estimate of drug-likeness (QED) is 0.670. The van der Waals surface area contributed by atoms with Crippen molar-refractivity contribution in [1.82, 2.24) is 9.88 Å². The molecule has 0 saturated carbocycles. The van der Waals surface area contributed by atoms with Gasteiger partial charge in [0.15, 0.2) is 0 Å². The lowest BCUT2D eigenvalue weighted by Gasteiger charge is -2.37. The van der Waals surface area contributed by atoms with Crippen molar-refractivity contribution in [2.24, 2.45) is 0 Å². The van der Waals surface area contributed by atoms with Crippen molar-refractivity contribution in [1.29, 1.82) is 0 Å². The first-order chi connectivity index (χ1) is 14.2. The minimum absolute atomic E-state index is 0.364. The van der Waals surface area contributed by atoms with Gasteiger partial charge >= 0.3 is 0 Å². The van der Waals surface area contributed by atoms with Gasteiger partial charge in [0.2, 0.25) is 0 Å². The van der Waals surface area contributed by atoms with Crippen LogP contribution in [0.1, 0.15) is 11.3 Å². The van der Waals surface area contributed by atoms with Gasteiger partial charge in [-0.05, 0) is 24.6 Å². The highest BCUT2D eigenvalue weighted by molar-refractivity contribution is 5.92. The Morgan fingerprint density at radius 3 is 2.52 bits per heavy atom. The molecule has 3 aromatic rings. The third-order valence-electron chi connectivity index (χ3n) is 5.43. The van der Waals surface area contributed by atoms with Crippen molar-refractivity contribution in [3.05, 3.63) is 71.9 Å². The number of aliphatic hydroxyl groups excluding tert-OH is 1. The van der Waals surface area contributed by atoms with E-state index in [0.717, 1.165) is 43.0 Å². The molecule has 152 valence electrons. The van der Waals surface area contributed by atoms with Crippen molar-refractivity contribution in [2.45, 2.75) is 19.6 Å². The van der Waals surface area contributed by atoms with E-state index in [2.05, 4.69) is 46.0 Å². The standard InChI is InChI=1S/C24H29N3O2/c1-19-15-24(22-9-5-6-10-23(22)25-19)27-13-11-26(12-14-27)16-21(28)18-29-17-20-7-3-2-4-8-20/h2-10,15,21,28H,11-14,16-18H2,1H3. The van der Waals surface area contributed by atoms with Crippen molar-refractivity contribution in [3.8, 4) is 0 Å². The van der Waals surface area contributed by atoms with Crippen molar-refractivity contribution in [2.75, 3.05) is 44.2 Å². The molecule has 0 bridgehead atoms. The Morgan fingerprint density at radius 1 is 1.00 bits per heavy atom. The molecule has 1 saturated heterocycles. The second kappa shape index (κ2) is 9.35. The summed E-state index contributed by atoms with van der Waals surface area (Å²) in [5.74, 6) is 0. The summed E-state index contributed by atoms with van der Waals surface area (Å²) in [6.45, 7) is 7.38. The summed E-state index contributed by atoms with van der Waals surface area (Å²) in [4.78, 5) is 9.41. The molecule has 5 nitrogen and oxygen atoms in total.